The van der Waals surface area contributed by atoms with Crippen molar-refractivity contribution in [3.05, 3.63) is 90.0 Å². The number of hydrogen-bond acceptors (Lipinski definition) is 4. The number of halogens is 1. The second-order valence-corrected chi connectivity index (χ2v) is 9.49. The number of hydrogen-bond donors (Lipinski definition) is 1. The third-order valence-corrected chi connectivity index (χ3v) is 7.10. The van der Waals surface area contributed by atoms with Crippen molar-refractivity contribution in [2.24, 2.45) is 0 Å². The summed E-state index contributed by atoms with van der Waals surface area (Å²) < 4.78 is 14.3. The van der Waals surface area contributed by atoms with Crippen LogP contribution in [0.15, 0.2) is 73.1 Å². The number of aromatic nitrogens is 1. The summed E-state index contributed by atoms with van der Waals surface area (Å²) in [7, 11) is 0. The van der Waals surface area contributed by atoms with Crippen LogP contribution < -0.4 is 15.1 Å². The lowest BCUT2D eigenvalue weighted by molar-refractivity contribution is -0.124. The number of para-hydroxylation sites is 1. The van der Waals surface area contributed by atoms with Crippen LogP contribution in [-0.4, -0.2) is 35.9 Å². The van der Waals surface area contributed by atoms with Gasteiger partial charge in [-0.25, -0.2) is 4.39 Å². The van der Waals surface area contributed by atoms with E-state index in [1.807, 2.05) is 41.3 Å². The first-order chi connectivity index (χ1) is 17.6. The number of carbonyl (C=O) groups is 2. The van der Waals surface area contributed by atoms with E-state index >= 15 is 0 Å². The largest absolute Gasteiger partial charge is 0.308 e. The number of nitrogens with one attached hydrogen (secondary N) is 1. The normalized spacial score (nSPS) is 17.8. The molecule has 1 aliphatic carbocycles. The summed E-state index contributed by atoms with van der Waals surface area (Å²) in [6.07, 6.45) is 9.53. The smallest absolute Gasteiger partial charge is 0.255 e. The molecule has 5 rings (SSSR count). The third-order valence-electron chi connectivity index (χ3n) is 7.10. The molecule has 1 N–H and O–H groups in total. The van der Waals surface area contributed by atoms with E-state index in [1.165, 1.54) is 23.5 Å². The molecule has 2 aliphatic rings. The number of pyridine rings is 1. The average Bonchev–Trinajstić information content (AvgIpc) is 3.19. The zero-order valence-electron chi connectivity index (χ0n) is 20.3. The van der Waals surface area contributed by atoms with Crippen LogP contribution in [0.4, 0.5) is 15.8 Å². The molecule has 186 valence electrons. The van der Waals surface area contributed by atoms with Crippen molar-refractivity contribution in [3.63, 3.8) is 0 Å². The summed E-state index contributed by atoms with van der Waals surface area (Å²) in [6, 6.07) is 16.8. The second kappa shape index (κ2) is 11.0. The van der Waals surface area contributed by atoms with Crippen LogP contribution in [0.3, 0.4) is 0 Å². The molecule has 1 fully saturated rings. The number of rotatable bonds is 8. The van der Waals surface area contributed by atoms with E-state index in [9.17, 15) is 14.0 Å². The van der Waals surface area contributed by atoms with Gasteiger partial charge in [-0.05, 0) is 61.7 Å². The monoisotopic (exact) mass is 486 g/mol. The van der Waals surface area contributed by atoms with Gasteiger partial charge in [0.2, 0.25) is 5.91 Å². The quantitative estimate of drug-likeness (QED) is 0.464. The molecule has 3 aromatic rings. The van der Waals surface area contributed by atoms with Gasteiger partial charge in [-0.1, -0.05) is 49.6 Å². The lowest BCUT2D eigenvalue weighted by Crippen LogP contribution is -2.47. The van der Waals surface area contributed by atoms with Crippen molar-refractivity contribution >= 4 is 23.2 Å². The number of benzene rings is 2. The van der Waals surface area contributed by atoms with Gasteiger partial charge in [-0.3, -0.25) is 19.5 Å². The fourth-order valence-corrected chi connectivity index (χ4v) is 5.41. The maximum Gasteiger partial charge on any atom is 0.255 e. The van der Waals surface area contributed by atoms with E-state index in [2.05, 4.69) is 10.3 Å². The zero-order valence-corrected chi connectivity index (χ0v) is 20.3. The Morgan fingerprint density at radius 3 is 2.67 bits per heavy atom. The minimum absolute atomic E-state index is 0.0339. The molecule has 0 bridgehead atoms. The number of fused-ring (bicyclic) bond motifs is 1. The molecule has 0 spiro atoms. The SMILES string of the molecule is O=C1C(N(C(=O)CNCCc2cccnc2)c2cccc(F)c2)c2ccccc2N1C1CCCCC1. The molecular formula is C29H31FN4O2. The molecule has 0 radical (unpaired) electrons. The highest BCUT2D eigenvalue weighted by atomic mass is 19.1. The van der Waals surface area contributed by atoms with E-state index < -0.39 is 11.9 Å². The summed E-state index contributed by atoms with van der Waals surface area (Å²) >= 11 is 0. The Hall–Kier alpha value is -3.58. The van der Waals surface area contributed by atoms with E-state index in [0.29, 0.717) is 12.2 Å². The standard InChI is InChI=1S/C29H31FN4O2/c30-22-9-6-12-24(18-22)34(27(35)20-32-17-15-21-8-7-16-31-19-21)28-25-13-4-5-14-26(25)33(29(28)36)23-10-2-1-3-11-23/h4-9,12-14,16,18-19,23,28,32H,1-3,10-11,15,17,20H2. The van der Waals surface area contributed by atoms with Crippen LogP contribution in [0.5, 0.6) is 0 Å². The molecule has 0 saturated heterocycles. The maximum absolute atomic E-state index is 14.3. The van der Waals surface area contributed by atoms with Crippen LogP contribution in [0.2, 0.25) is 0 Å². The van der Waals surface area contributed by atoms with Gasteiger partial charge in [0, 0.05) is 35.4 Å². The molecule has 1 atom stereocenters. The van der Waals surface area contributed by atoms with Gasteiger partial charge in [0.05, 0.1) is 6.54 Å². The molecule has 2 amide bonds. The fourth-order valence-electron chi connectivity index (χ4n) is 5.41. The predicted molar refractivity (Wildman–Crippen MR) is 138 cm³/mol. The first-order valence-corrected chi connectivity index (χ1v) is 12.7. The Kier molecular flexibility index (Phi) is 7.37. The minimum Gasteiger partial charge on any atom is -0.308 e. The Labute approximate surface area is 211 Å². The van der Waals surface area contributed by atoms with Gasteiger partial charge in [-0.15, -0.1) is 0 Å². The lowest BCUT2D eigenvalue weighted by atomic mass is 9.94. The molecule has 2 aromatic carbocycles. The van der Waals surface area contributed by atoms with Crippen molar-refractivity contribution in [2.75, 3.05) is 22.9 Å². The molecule has 1 saturated carbocycles. The van der Waals surface area contributed by atoms with Crippen LogP contribution in [0.1, 0.15) is 49.3 Å². The molecule has 1 aromatic heterocycles. The number of carbonyl (C=O) groups excluding carboxylic acids is 2. The van der Waals surface area contributed by atoms with Gasteiger partial charge < -0.3 is 10.2 Å². The third kappa shape index (κ3) is 5.02. The van der Waals surface area contributed by atoms with Crippen molar-refractivity contribution in [2.45, 2.75) is 50.6 Å². The topological polar surface area (TPSA) is 65.5 Å². The Bertz CT molecular complexity index is 1210. The molecule has 1 unspecified atom stereocenters. The van der Waals surface area contributed by atoms with Gasteiger partial charge >= 0.3 is 0 Å². The Balaban J connectivity index is 1.42. The lowest BCUT2D eigenvalue weighted by Gasteiger charge is -2.33. The Morgan fingerprint density at radius 1 is 1.06 bits per heavy atom. The molecule has 2 heterocycles. The zero-order chi connectivity index (χ0) is 24.9. The van der Waals surface area contributed by atoms with Crippen molar-refractivity contribution in [3.8, 4) is 0 Å². The maximum atomic E-state index is 14.3. The highest BCUT2D eigenvalue weighted by molar-refractivity contribution is 6.12. The summed E-state index contributed by atoms with van der Waals surface area (Å²) in [6.45, 7) is 0.615. The van der Waals surface area contributed by atoms with Gasteiger partial charge in [0.15, 0.2) is 0 Å². The fraction of sp³-hybridized carbons (Fsp3) is 0.345. The second-order valence-electron chi connectivity index (χ2n) is 9.49. The van der Waals surface area contributed by atoms with Gasteiger partial charge in [-0.2, -0.15) is 0 Å². The number of anilines is 2. The summed E-state index contributed by atoms with van der Waals surface area (Å²) in [4.78, 5) is 35.1. The predicted octanol–water partition coefficient (Wildman–Crippen LogP) is 4.81. The van der Waals surface area contributed by atoms with Crippen molar-refractivity contribution in [1.82, 2.24) is 10.3 Å². The van der Waals surface area contributed by atoms with E-state index in [4.69, 9.17) is 0 Å². The highest BCUT2D eigenvalue weighted by Gasteiger charge is 2.45. The van der Waals surface area contributed by atoms with Crippen LogP contribution >= 0.6 is 0 Å². The average molecular weight is 487 g/mol. The van der Waals surface area contributed by atoms with Crippen molar-refractivity contribution in [1.29, 1.82) is 0 Å². The molecule has 6 nitrogen and oxygen atoms in total. The minimum atomic E-state index is -0.822. The van der Waals surface area contributed by atoms with E-state index in [1.54, 1.807) is 24.5 Å². The summed E-state index contributed by atoms with van der Waals surface area (Å²) in [5.74, 6) is -0.834. The van der Waals surface area contributed by atoms with Crippen LogP contribution in [0, 0.1) is 5.82 Å². The summed E-state index contributed by atoms with van der Waals surface area (Å²) in [5.41, 5.74) is 3.11. The first kappa shape index (κ1) is 24.1. The van der Waals surface area contributed by atoms with Crippen LogP contribution in [0.25, 0.3) is 0 Å². The number of amides is 2. The van der Waals surface area contributed by atoms with Gasteiger partial charge in [0.1, 0.15) is 11.9 Å². The molecular weight excluding hydrogens is 455 g/mol. The van der Waals surface area contributed by atoms with Gasteiger partial charge in [0.25, 0.3) is 5.91 Å². The first-order valence-electron chi connectivity index (χ1n) is 12.7. The molecule has 7 heteroatoms. The molecule has 36 heavy (non-hydrogen) atoms. The van der Waals surface area contributed by atoms with Crippen LogP contribution in [-0.2, 0) is 16.0 Å². The highest BCUT2D eigenvalue weighted by Crippen LogP contribution is 2.44. The Morgan fingerprint density at radius 2 is 1.89 bits per heavy atom. The van der Waals surface area contributed by atoms with Crippen molar-refractivity contribution < 1.29 is 14.0 Å². The van der Waals surface area contributed by atoms with E-state index in [0.717, 1.165) is 48.9 Å². The van der Waals surface area contributed by atoms with E-state index in [-0.39, 0.29) is 24.4 Å². The molecule has 1 aliphatic heterocycles. The summed E-state index contributed by atoms with van der Waals surface area (Å²) in [5, 5.41) is 3.20. The number of nitrogens with zero attached hydrogens (tertiary/aromatic N) is 3.